The van der Waals surface area contributed by atoms with Crippen LogP contribution in [0, 0.1) is 5.82 Å². The molecule has 1 rings (SSSR count). The predicted molar refractivity (Wildman–Crippen MR) is 55.1 cm³/mol. The summed E-state index contributed by atoms with van der Waals surface area (Å²) in [6, 6.07) is 2.54. The van der Waals surface area contributed by atoms with E-state index in [4.69, 9.17) is 28.9 Å². The van der Waals surface area contributed by atoms with Gasteiger partial charge in [-0.3, -0.25) is 0 Å². The molecule has 0 aliphatic carbocycles. The lowest BCUT2D eigenvalue weighted by atomic mass is 10.1. The van der Waals surface area contributed by atoms with E-state index in [0.29, 0.717) is 13.0 Å². The summed E-state index contributed by atoms with van der Waals surface area (Å²) in [5.41, 5.74) is 5.54. The Hall–Kier alpha value is -0.350. The molecule has 1 unspecified atom stereocenters. The van der Waals surface area contributed by atoms with Crippen LogP contribution in [0.3, 0.4) is 0 Å². The second kappa shape index (κ2) is 4.94. The van der Waals surface area contributed by atoms with Gasteiger partial charge in [0.05, 0.1) is 11.1 Å². The third-order valence-electron chi connectivity index (χ3n) is 1.82. The van der Waals surface area contributed by atoms with E-state index in [1.54, 1.807) is 0 Å². The highest BCUT2D eigenvalue weighted by Crippen LogP contribution is 2.30. The molecular formula is C9H10Cl2FNO. The molecule has 0 aliphatic rings. The number of nitrogens with two attached hydrogens (primary N) is 1. The van der Waals surface area contributed by atoms with Gasteiger partial charge in [0.15, 0.2) is 0 Å². The summed E-state index contributed by atoms with van der Waals surface area (Å²) in [5, 5.41) is 9.67. The van der Waals surface area contributed by atoms with E-state index in [1.165, 1.54) is 6.07 Å². The summed E-state index contributed by atoms with van der Waals surface area (Å²) in [7, 11) is 0. The topological polar surface area (TPSA) is 46.2 Å². The summed E-state index contributed by atoms with van der Waals surface area (Å²) in [5.74, 6) is -0.634. The third kappa shape index (κ3) is 2.58. The van der Waals surface area contributed by atoms with Crippen LogP contribution in [0.15, 0.2) is 12.1 Å². The highest BCUT2D eigenvalue weighted by Gasteiger charge is 2.15. The van der Waals surface area contributed by atoms with Crippen molar-refractivity contribution < 1.29 is 9.50 Å². The van der Waals surface area contributed by atoms with Crippen LogP contribution in [0.2, 0.25) is 10.0 Å². The largest absolute Gasteiger partial charge is 0.388 e. The maximum absolute atomic E-state index is 13.1. The van der Waals surface area contributed by atoms with Gasteiger partial charge in [-0.25, -0.2) is 4.39 Å². The summed E-state index contributed by atoms with van der Waals surface area (Å²) in [6.45, 7) is 0.297. The van der Waals surface area contributed by atoms with Crippen LogP contribution in [0.1, 0.15) is 18.1 Å². The maximum Gasteiger partial charge on any atom is 0.143 e. The van der Waals surface area contributed by atoms with Crippen molar-refractivity contribution in [3.05, 3.63) is 33.6 Å². The average molecular weight is 238 g/mol. The Morgan fingerprint density at radius 3 is 2.64 bits per heavy atom. The van der Waals surface area contributed by atoms with Gasteiger partial charge in [-0.15, -0.1) is 0 Å². The molecule has 0 saturated carbocycles. The third-order valence-corrected chi connectivity index (χ3v) is 2.44. The Morgan fingerprint density at radius 1 is 1.43 bits per heavy atom. The molecule has 1 aromatic rings. The van der Waals surface area contributed by atoms with Gasteiger partial charge < -0.3 is 10.8 Å². The van der Waals surface area contributed by atoms with Crippen molar-refractivity contribution in [1.82, 2.24) is 0 Å². The van der Waals surface area contributed by atoms with Gasteiger partial charge >= 0.3 is 0 Å². The summed E-state index contributed by atoms with van der Waals surface area (Å²) >= 11 is 11.3. The van der Waals surface area contributed by atoms with Gasteiger partial charge in [-0.05, 0) is 25.1 Å². The number of hydrogen-bond acceptors (Lipinski definition) is 2. The molecule has 0 amide bonds. The van der Waals surface area contributed by atoms with Crippen LogP contribution in [0.5, 0.6) is 0 Å². The lowest BCUT2D eigenvalue weighted by Crippen LogP contribution is -2.07. The van der Waals surface area contributed by atoms with Crippen LogP contribution in [0.4, 0.5) is 4.39 Å². The van der Waals surface area contributed by atoms with Crippen LogP contribution in [-0.4, -0.2) is 11.7 Å². The Bertz CT molecular complexity index is 333. The van der Waals surface area contributed by atoms with Crippen molar-refractivity contribution in [2.45, 2.75) is 12.5 Å². The number of benzene rings is 1. The smallest absolute Gasteiger partial charge is 0.143 e. The zero-order valence-corrected chi connectivity index (χ0v) is 8.82. The predicted octanol–water partition coefficient (Wildman–Crippen LogP) is 2.51. The Morgan fingerprint density at radius 2 is 2.07 bits per heavy atom. The number of aliphatic hydroxyl groups is 1. The number of hydrogen-bond donors (Lipinski definition) is 2. The van der Waals surface area contributed by atoms with Crippen LogP contribution >= 0.6 is 23.2 Å². The molecule has 0 aromatic heterocycles. The van der Waals surface area contributed by atoms with Gasteiger partial charge in [-0.1, -0.05) is 23.2 Å². The zero-order valence-electron chi connectivity index (χ0n) is 7.30. The standard InChI is InChI=1S/C9H10Cl2FNO/c10-5-3-6(8(14)1-2-13)9(11)7(12)4-5/h3-4,8,14H,1-2,13H2. The Balaban J connectivity index is 3.07. The Labute approximate surface area is 91.4 Å². The monoisotopic (exact) mass is 237 g/mol. The molecule has 1 aromatic carbocycles. The molecule has 0 saturated heterocycles. The molecule has 78 valence electrons. The summed E-state index contributed by atoms with van der Waals surface area (Å²) in [4.78, 5) is 0. The van der Waals surface area contributed by atoms with Crippen molar-refractivity contribution in [3.8, 4) is 0 Å². The van der Waals surface area contributed by atoms with Crippen molar-refractivity contribution in [1.29, 1.82) is 0 Å². The minimum Gasteiger partial charge on any atom is -0.388 e. The second-order valence-electron chi connectivity index (χ2n) is 2.88. The van der Waals surface area contributed by atoms with E-state index in [-0.39, 0.29) is 15.6 Å². The zero-order chi connectivity index (χ0) is 10.7. The van der Waals surface area contributed by atoms with E-state index in [0.717, 1.165) is 6.07 Å². The lowest BCUT2D eigenvalue weighted by molar-refractivity contribution is 0.170. The van der Waals surface area contributed by atoms with Gasteiger partial charge in [0.2, 0.25) is 0 Å². The summed E-state index contributed by atoms with van der Waals surface area (Å²) < 4.78 is 13.1. The summed E-state index contributed by atoms with van der Waals surface area (Å²) in [6.07, 6.45) is -0.555. The number of rotatable bonds is 3. The van der Waals surface area contributed by atoms with Crippen LogP contribution in [0.25, 0.3) is 0 Å². The van der Waals surface area contributed by atoms with E-state index in [9.17, 15) is 9.50 Å². The normalized spacial score (nSPS) is 12.9. The molecule has 0 aliphatic heterocycles. The van der Waals surface area contributed by atoms with E-state index in [2.05, 4.69) is 0 Å². The number of halogens is 3. The van der Waals surface area contributed by atoms with Gasteiger partial charge in [0.1, 0.15) is 5.82 Å². The molecule has 0 fully saturated rings. The molecule has 1 atom stereocenters. The van der Waals surface area contributed by atoms with Crippen molar-refractivity contribution in [2.75, 3.05) is 6.54 Å². The van der Waals surface area contributed by atoms with Crippen LogP contribution < -0.4 is 5.73 Å². The molecule has 2 nitrogen and oxygen atoms in total. The van der Waals surface area contributed by atoms with Crippen molar-refractivity contribution >= 4 is 23.2 Å². The van der Waals surface area contributed by atoms with Crippen LogP contribution in [-0.2, 0) is 0 Å². The van der Waals surface area contributed by atoms with E-state index < -0.39 is 11.9 Å². The molecule has 0 radical (unpaired) electrons. The molecule has 0 bridgehead atoms. The minimum atomic E-state index is -0.874. The first-order valence-electron chi connectivity index (χ1n) is 4.09. The van der Waals surface area contributed by atoms with Crippen molar-refractivity contribution in [2.24, 2.45) is 5.73 Å². The SMILES string of the molecule is NCCC(O)c1cc(Cl)cc(F)c1Cl. The quantitative estimate of drug-likeness (QED) is 0.794. The first-order chi connectivity index (χ1) is 6.56. The Kier molecular flexibility index (Phi) is 4.13. The molecule has 14 heavy (non-hydrogen) atoms. The molecule has 3 N–H and O–H groups in total. The fourth-order valence-electron chi connectivity index (χ4n) is 1.13. The van der Waals surface area contributed by atoms with Gasteiger partial charge in [0, 0.05) is 10.6 Å². The fraction of sp³-hybridized carbons (Fsp3) is 0.333. The molecule has 0 spiro atoms. The van der Waals surface area contributed by atoms with Gasteiger partial charge in [0.25, 0.3) is 0 Å². The maximum atomic E-state index is 13.1. The fourth-order valence-corrected chi connectivity index (χ4v) is 1.58. The average Bonchev–Trinajstić information content (AvgIpc) is 2.11. The highest BCUT2D eigenvalue weighted by atomic mass is 35.5. The second-order valence-corrected chi connectivity index (χ2v) is 3.70. The molecule has 0 heterocycles. The van der Waals surface area contributed by atoms with E-state index >= 15 is 0 Å². The highest BCUT2D eigenvalue weighted by molar-refractivity contribution is 6.33. The van der Waals surface area contributed by atoms with Gasteiger partial charge in [-0.2, -0.15) is 0 Å². The molecule has 5 heteroatoms. The number of aliphatic hydroxyl groups excluding tert-OH is 1. The molecular weight excluding hydrogens is 228 g/mol. The van der Waals surface area contributed by atoms with Crippen molar-refractivity contribution in [3.63, 3.8) is 0 Å². The van der Waals surface area contributed by atoms with E-state index in [1.807, 2.05) is 0 Å². The first kappa shape index (κ1) is 11.7. The first-order valence-corrected chi connectivity index (χ1v) is 4.84. The lowest BCUT2D eigenvalue weighted by Gasteiger charge is -2.12. The minimum absolute atomic E-state index is 0.102.